The normalized spacial score (nSPS) is 19.5. The molecule has 0 unspecified atom stereocenters. The van der Waals surface area contributed by atoms with Crippen LogP contribution in [0.5, 0.6) is 5.75 Å². The molecule has 6 rings (SSSR count). The number of nitrogens with one attached hydrogen (secondary N) is 2. The van der Waals surface area contributed by atoms with Crippen LogP contribution in [0, 0.1) is 11.5 Å². The molecule has 49 heavy (non-hydrogen) atoms. The monoisotopic (exact) mass is 796 g/mol. The molecule has 0 saturated carbocycles. The van der Waals surface area contributed by atoms with Crippen LogP contribution in [-0.2, 0) is 11.2 Å². The van der Waals surface area contributed by atoms with Gasteiger partial charge >= 0.3 is 5.69 Å². The number of benzene rings is 2. The van der Waals surface area contributed by atoms with Gasteiger partial charge in [-0.2, -0.15) is 5.26 Å². The number of guanidine groups is 1. The molecule has 13 nitrogen and oxygen atoms in total. The molecule has 3 N–H and O–H groups in total. The highest BCUT2D eigenvalue weighted by Crippen LogP contribution is 2.34. The van der Waals surface area contributed by atoms with Crippen molar-refractivity contribution in [2.75, 3.05) is 59.4 Å². The number of hydrogen-bond acceptors (Lipinski definition) is 8. The second-order valence-corrected chi connectivity index (χ2v) is 14.7. The Balaban J connectivity index is 1.18. The number of rotatable bonds is 7. The average Bonchev–Trinajstić information content (AvgIpc) is 3.52. The lowest BCUT2D eigenvalue weighted by Gasteiger charge is -2.42. The Morgan fingerprint density at radius 1 is 1.00 bits per heavy atom. The van der Waals surface area contributed by atoms with Crippen LogP contribution < -0.4 is 11.0 Å². The molecule has 0 bridgehead atoms. The van der Waals surface area contributed by atoms with Crippen molar-refractivity contribution in [1.82, 2.24) is 39.7 Å². The van der Waals surface area contributed by atoms with E-state index in [1.165, 1.54) is 4.68 Å². The highest BCUT2D eigenvalue weighted by molar-refractivity contribution is 9.11. The summed E-state index contributed by atoms with van der Waals surface area (Å²) in [5.41, 5.74) is 1.40. The molecule has 0 radical (unpaired) electrons. The van der Waals surface area contributed by atoms with E-state index in [4.69, 9.17) is 4.99 Å². The number of halogens is 2. The first-order valence-corrected chi connectivity index (χ1v) is 18.4. The smallest absolute Gasteiger partial charge is 0.343 e. The molecule has 3 aliphatic rings. The number of likely N-dealkylation sites (tertiary alicyclic amines) is 2. The van der Waals surface area contributed by atoms with Crippen LogP contribution in [0.4, 0.5) is 0 Å². The summed E-state index contributed by atoms with van der Waals surface area (Å²) < 4.78 is 2.55. The van der Waals surface area contributed by atoms with Crippen molar-refractivity contribution in [3.8, 4) is 23.3 Å². The minimum atomic E-state index is -0.797. The van der Waals surface area contributed by atoms with Crippen molar-refractivity contribution in [3.05, 3.63) is 67.5 Å². The number of nitriles is 1. The maximum Gasteiger partial charge on any atom is 0.343 e. The lowest BCUT2D eigenvalue weighted by molar-refractivity contribution is -0.134. The van der Waals surface area contributed by atoms with Gasteiger partial charge in [0.1, 0.15) is 11.8 Å². The minimum absolute atomic E-state index is 0.0850. The number of aromatic hydroxyl groups is 1. The minimum Gasteiger partial charge on any atom is -0.506 e. The van der Waals surface area contributed by atoms with Crippen LogP contribution in [0.15, 0.2) is 61.2 Å². The van der Waals surface area contributed by atoms with Crippen molar-refractivity contribution >= 4 is 43.7 Å². The number of phenols is 1. The van der Waals surface area contributed by atoms with E-state index in [1.807, 2.05) is 46.3 Å². The molecular formula is C34H42Br2N10O3. The first kappa shape index (κ1) is 35.1. The van der Waals surface area contributed by atoms with Gasteiger partial charge in [0.2, 0.25) is 11.9 Å². The van der Waals surface area contributed by atoms with Crippen molar-refractivity contribution in [2.45, 2.75) is 50.2 Å². The van der Waals surface area contributed by atoms with Gasteiger partial charge in [0, 0.05) is 57.3 Å². The number of amides is 1. The molecule has 1 aromatic heterocycles. The molecule has 0 aliphatic carbocycles. The van der Waals surface area contributed by atoms with Gasteiger partial charge in [-0.15, -0.1) is 5.10 Å². The number of phenolic OH excluding ortho intramolecular Hbond substituents is 1. The van der Waals surface area contributed by atoms with Gasteiger partial charge < -0.3 is 19.8 Å². The summed E-state index contributed by atoms with van der Waals surface area (Å²) in [7, 11) is 2.17. The summed E-state index contributed by atoms with van der Waals surface area (Å²) in [6.45, 7) is 6.11. The van der Waals surface area contributed by atoms with E-state index in [0.29, 0.717) is 65.8 Å². The van der Waals surface area contributed by atoms with Crippen LogP contribution in [0.25, 0.3) is 11.4 Å². The van der Waals surface area contributed by atoms with Crippen molar-refractivity contribution in [2.24, 2.45) is 4.99 Å². The van der Waals surface area contributed by atoms with Crippen LogP contribution in [0.1, 0.15) is 37.3 Å². The summed E-state index contributed by atoms with van der Waals surface area (Å²) in [5, 5.41) is 27.4. The molecule has 1 atom stereocenters. The second-order valence-electron chi connectivity index (χ2n) is 13.0. The van der Waals surface area contributed by atoms with E-state index < -0.39 is 6.04 Å². The molecule has 260 valence electrons. The third-order valence-corrected chi connectivity index (χ3v) is 11.1. The van der Waals surface area contributed by atoms with Gasteiger partial charge in [0.15, 0.2) is 12.0 Å². The fraction of sp³-hybridized carbons (Fsp3) is 0.500. The Bertz CT molecular complexity index is 1710. The zero-order valence-corrected chi connectivity index (χ0v) is 30.7. The van der Waals surface area contributed by atoms with Crippen molar-refractivity contribution in [1.29, 1.82) is 5.26 Å². The zero-order valence-electron chi connectivity index (χ0n) is 27.6. The van der Waals surface area contributed by atoms with Crippen LogP contribution in [0.2, 0.25) is 0 Å². The van der Waals surface area contributed by atoms with Crippen LogP contribution >= 0.6 is 31.9 Å². The molecule has 1 amide bonds. The number of carbonyl (C=O) groups is 1. The first-order valence-electron chi connectivity index (χ1n) is 16.8. The topological polar surface area (TPSA) is 149 Å². The van der Waals surface area contributed by atoms with Gasteiger partial charge in [-0.1, -0.05) is 30.3 Å². The number of H-pyrrole nitrogens is 1. The molecule has 3 fully saturated rings. The Kier molecular flexibility index (Phi) is 11.4. The van der Waals surface area contributed by atoms with E-state index >= 15 is 0 Å². The molecule has 15 heteroatoms. The summed E-state index contributed by atoms with van der Waals surface area (Å²) in [4.78, 5) is 43.6. The Labute approximate surface area is 302 Å². The fourth-order valence-electron chi connectivity index (χ4n) is 7.05. The predicted octanol–water partition coefficient (Wildman–Crippen LogP) is 3.38. The summed E-state index contributed by atoms with van der Waals surface area (Å²) in [6, 6.07) is 12.8. The van der Waals surface area contributed by atoms with E-state index in [9.17, 15) is 20.0 Å². The standard InChI is InChI=1S/C34H42Br2N10O3/c1-42-11-7-25(8-12-42)43-15-17-44(18-16-43)32(48)29(21-23-19-27(35)30(47)28(36)20-23)39-33(38-22-37)45-13-9-26(10-14-45)46-34(49)40-31(41-46)24-5-3-2-4-6-24/h2-6,19-20,25-26,29,47H,7-18,21H2,1H3,(H,38,39)(H,40,41,49)/t29-/m0/s1. The predicted molar refractivity (Wildman–Crippen MR) is 194 cm³/mol. The third-order valence-electron chi connectivity index (χ3n) is 9.87. The number of nitrogens with zero attached hydrogens (tertiary/aromatic N) is 8. The highest BCUT2D eigenvalue weighted by Gasteiger charge is 2.33. The van der Waals surface area contributed by atoms with Gasteiger partial charge in [-0.25, -0.2) is 14.5 Å². The van der Waals surface area contributed by atoms with Gasteiger partial charge in [0.05, 0.1) is 15.0 Å². The highest BCUT2D eigenvalue weighted by atomic mass is 79.9. The molecule has 3 aromatic rings. The molecule has 2 aromatic carbocycles. The average molecular weight is 799 g/mol. The van der Waals surface area contributed by atoms with E-state index in [1.54, 1.807) is 12.1 Å². The SMILES string of the molecule is CN1CCC(N2CCN(C(=O)[C@H](Cc3cc(Br)c(O)c(Br)c3)N=C(NC#N)N3CCC(n4nc(-c5ccccc5)[nH]c4=O)CC3)CC2)CC1. The summed E-state index contributed by atoms with van der Waals surface area (Å²) >= 11 is 6.83. The van der Waals surface area contributed by atoms with E-state index in [0.717, 1.165) is 50.1 Å². The number of hydrogen-bond donors (Lipinski definition) is 3. The summed E-state index contributed by atoms with van der Waals surface area (Å²) in [6.07, 6.45) is 5.81. The van der Waals surface area contributed by atoms with E-state index in [2.05, 4.69) is 64.1 Å². The largest absolute Gasteiger partial charge is 0.506 e. The molecule has 4 heterocycles. The Hall–Kier alpha value is -3.71. The number of piperidine rings is 2. The summed E-state index contributed by atoms with van der Waals surface area (Å²) in [5.74, 6) is 0.858. The number of piperazine rings is 1. The molecular weight excluding hydrogens is 756 g/mol. The maximum absolute atomic E-state index is 14.2. The molecule has 0 spiro atoms. The van der Waals surface area contributed by atoms with Gasteiger partial charge in [0.25, 0.3) is 0 Å². The van der Waals surface area contributed by atoms with E-state index in [-0.39, 0.29) is 29.8 Å². The lowest BCUT2D eigenvalue weighted by Crippen LogP contribution is -2.56. The second kappa shape index (κ2) is 15.9. The molecule has 3 saturated heterocycles. The number of aromatic amines is 1. The van der Waals surface area contributed by atoms with Crippen molar-refractivity contribution < 1.29 is 9.90 Å². The number of carbonyl (C=O) groups excluding carboxylic acids is 1. The Morgan fingerprint density at radius 3 is 2.27 bits per heavy atom. The zero-order chi connectivity index (χ0) is 34.5. The van der Waals surface area contributed by atoms with Gasteiger partial charge in [-0.3, -0.25) is 20.0 Å². The van der Waals surface area contributed by atoms with Gasteiger partial charge in [-0.05, 0) is 95.4 Å². The van der Waals surface area contributed by atoms with Crippen molar-refractivity contribution in [3.63, 3.8) is 0 Å². The maximum atomic E-state index is 14.2. The quantitative estimate of drug-likeness (QED) is 0.142. The number of aliphatic imine (C=N–C) groups is 1. The number of aromatic nitrogens is 3. The Morgan fingerprint density at radius 2 is 1.63 bits per heavy atom. The molecule has 3 aliphatic heterocycles. The lowest BCUT2D eigenvalue weighted by atomic mass is 10.0. The van der Waals surface area contributed by atoms with Crippen LogP contribution in [-0.4, -0.2) is 123 Å². The first-order chi connectivity index (χ1) is 23.7. The fourth-order valence-corrected chi connectivity index (χ4v) is 8.33. The third kappa shape index (κ3) is 8.37. The van der Waals surface area contributed by atoms with Crippen LogP contribution in [0.3, 0.4) is 0 Å².